The van der Waals surface area contributed by atoms with Gasteiger partial charge in [0.1, 0.15) is 5.76 Å². The van der Waals surface area contributed by atoms with Crippen molar-refractivity contribution < 1.29 is 18.3 Å². The van der Waals surface area contributed by atoms with E-state index >= 15 is 0 Å². The number of benzene rings is 1. The summed E-state index contributed by atoms with van der Waals surface area (Å²) in [6, 6.07) is 7.75. The lowest BCUT2D eigenvalue weighted by atomic mass is 9.74. The Morgan fingerprint density at radius 2 is 2.24 bits per heavy atom. The number of nitrogens with zero attached hydrogens (tertiary/aromatic N) is 2. The largest absolute Gasteiger partial charge is 0.435 e. The number of carbonyl (C=O) groups excluding carboxylic acids is 1. The Balaban J connectivity index is 2.03. The van der Waals surface area contributed by atoms with Gasteiger partial charge < -0.3 is 10.5 Å². The van der Waals surface area contributed by atoms with E-state index in [9.17, 15) is 13.6 Å². The summed E-state index contributed by atoms with van der Waals surface area (Å²) < 4.78 is 29.5. The number of guanidine groups is 1. The molecule has 1 aromatic carbocycles. The molecular formula is C22H25F2N3O2. The van der Waals surface area contributed by atoms with Gasteiger partial charge in [-0.3, -0.25) is 9.69 Å². The van der Waals surface area contributed by atoms with Gasteiger partial charge >= 0.3 is 6.61 Å². The van der Waals surface area contributed by atoms with Crippen LogP contribution < -0.4 is 5.73 Å². The van der Waals surface area contributed by atoms with Crippen LogP contribution in [0.25, 0.3) is 0 Å². The molecule has 0 saturated heterocycles. The van der Waals surface area contributed by atoms with Crippen LogP contribution in [0.2, 0.25) is 0 Å². The molecule has 154 valence electrons. The standard InChI is InChI=1S/C22H25F2N3O2/c1-4-6-14(2)15-7-5-8-17(13-15)22(19(28)27(3)21(25)26-22)16-9-11-18(12-10-16)29-20(23)24/h4-5,7-9,11-14,16,20H,1,6,10H2,2-3H3,(H2,25,26)/t14-,16?,22?/m1/s1. The molecule has 0 aromatic heterocycles. The number of carbonyl (C=O) groups is 1. The number of halogens is 2. The molecular weight excluding hydrogens is 376 g/mol. The summed E-state index contributed by atoms with van der Waals surface area (Å²) in [5.74, 6) is -0.187. The zero-order valence-corrected chi connectivity index (χ0v) is 16.5. The lowest BCUT2D eigenvalue weighted by Crippen LogP contribution is -2.44. The van der Waals surface area contributed by atoms with Crippen molar-refractivity contribution in [2.45, 2.75) is 37.8 Å². The summed E-state index contributed by atoms with van der Waals surface area (Å²) in [7, 11) is 1.58. The van der Waals surface area contributed by atoms with Crippen molar-refractivity contribution in [3.63, 3.8) is 0 Å². The molecule has 1 amide bonds. The summed E-state index contributed by atoms with van der Waals surface area (Å²) in [6.07, 6.45) is 7.70. The summed E-state index contributed by atoms with van der Waals surface area (Å²) >= 11 is 0. The highest BCUT2D eigenvalue weighted by Gasteiger charge is 2.52. The van der Waals surface area contributed by atoms with E-state index in [0.717, 1.165) is 17.5 Å². The average Bonchev–Trinajstić information content (AvgIpc) is 2.93. The first-order valence-electron chi connectivity index (χ1n) is 9.47. The fourth-order valence-electron chi connectivity index (χ4n) is 3.88. The first-order valence-corrected chi connectivity index (χ1v) is 9.47. The third-order valence-electron chi connectivity index (χ3n) is 5.51. The van der Waals surface area contributed by atoms with E-state index in [2.05, 4.69) is 23.2 Å². The van der Waals surface area contributed by atoms with Gasteiger partial charge in [0.05, 0.1) is 0 Å². The quantitative estimate of drug-likeness (QED) is 0.701. The van der Waals surface area contributed by atoms with Gasteiger partial charge in [0.15, 0.2) is 11.5 Å². The Labute approximate surface area is 169 Å². The van der Waals surface area contributed by atoms with E-state index in [1.54, 1.807) is 19.2 Å². The SMILES string of the molecule is C=CC[C@@H](C)c1cccc(C2(C3C=CC(OC(F)F)=CC3)N=C(N)N(C)C2=O)c1. The van der Waals surface area contributed by atoms with E-state index in [1.807, 2.05) is 30.3 Å². The van der Waals surface area contributed by atoms with Gasteiger partial charge in [-0.05, 0) is 42.0 Å². The minimum Gasteiger partial charge on any atom is -0.435 e. The highest BCUT2D eigenvalue weighted by atomic mass is 19.3. The molecule has 0 radical (unpaired) electrons. The third-order valence-corrected chi connectivity index (χ3v) is 5.51. The molecule has 2 unspecified atom stereocenters. The second-order valence-electron chi connectivity index (χ2n) is 7.34. The summed E-state index contributed by atoms with van der Waals surface area (Å²) in [4.78, 5) is 19.2. The minimum absolute atomic E-state index is 0.0792. The number of ether oxygens (including phenoxy) is 1. The number of nitrogens with two attached hydrogens (primary N) is 1. The molecule has 7 heteroatoms. The van der Waals surface area contributed by atoms with Crippen molar-refractivity contribution in [2.24, 2.45) is 16.6 Å². The normalized spacial score (nSPS) is 25.1. The predicted molar refractivity (Wildman–Crippen MR) is 108 cm³/mol. The van der Waals surface area contributed by atoms with Gasteiger partial charge in [-0.1, -0.05) is 43.3 Å². The van der Waals surface area contributed by atoms with E-state index in [0.29, 0.717) is 6.42 Å². The van der Waals surface area contributed by atoms with Crippen LogP contribution in [0.5, 0.6) is 0 Å². The first-order chi connectivity index (χ1) is 13.8. The smallest absolute Gasteiger partial charge is 0.387 e. The Morgan fingerprint density at radius 1 is 1.48 bits per heavy atom. The number of rotatable bonds is 7. The lowest BCUT2D eigenvalue weighted by molar-refractivity contribution is -0.132. The number of aliphatic imine (C=N–C) groups is 1. The molecule has 1 aliphatic carbocycles. The topological polar surface area (TPSA) is 67.9 Å². The second-order valence-corrected chi connectivity index (χ2v) is 7.34. The molecule has 0 spiro atoms. The fraction of sp³-hybridized carbons (Fsp3) is 0.364. The maximum atomic E-state index is 13.3. The molecule has 0 saturated carbocycles. The van der Waals surface area contributed by atoms with E-state index in [4.69, 9.17) is 5.73 Å². The van der Waals surface area contributed by atoms with E-state index in [1.165, 1.54) is 11.0 Å². The van der Waals surface area contributed by atoms with Gasteiger partial charge in [0, 0.05) is 13.0 Å². The van der Waals surface area contributed by atoms with Gasteiger partial charge in [-0.2, -0.15) is 8.78 Å². The molecule has 2 aliphatic rings. The molecule has 5 nitrogen and oxygen atoms in total. The van der Waals surface area contributed by atoms with Crippen LogP contribution in [0, 0.1) is 5.92 Å². The Bertz CT molecular complexity index is 894. The molecule has 3 atom stereocenters. The van der Waals surface area contributed by atoms with Gasteiger partial charge in [0.2, 0.25) is 0 Å². The summed E-state index contributed by atoms with van der Waals surface area (Å²) in [5.41, 5.74) is 6.55. The van der Waals surface area contributed by atoms with Crippen molar-refractivity contribution in [2.75, 3.05) is 7.05 Å². The van der Waals surface area contributed by atoms with Crippen molar-refractivity contribution in [3.05, 3.63) is 72.0 Å². The molecule has 1 aliphatic heterocycles. The Morgan fingerprint density at radius 3 is 2.79 bits per heavy atom. The fourth-order valence-corrected chi connectivity index (χ4v) is 3.88. The molecule has 3 rings (SSSR count). The second kappa shape index (κ2) is 8.19. The van der Waals surface area contributed by atoms with E-state index < -0.39 is 12.2 Å². The van der Waals surface area contributed by atoms with E-state index in [-0.39, 0.29) is 29.5 Å². The van der Waals surface area contributed by atoms with Crippen molar-refractivity contribution in [1.29, 1.82) is 0 Å². The van der Waals surface area contributed by atoms with Crippen LogP contribution in [-0.2, 0) is 15.1 Å². The van der Waals surface area contributed by atoms with Crippen molar-refractivity contribution in [1.82, 2.24) is 4.90 Å². The molecule has 29 heavy (non-hydrogen) atoms. The number of amides is 1. The summed E-state index contributed by atoms with van der Waals surface area (Å²) in [6.45, 7) is 2.98. The van der Waals surface area contributed by atoms with Crippen LogP contribution in [0.15, 0.2) is 65.9 Å². The number of allylic oxidation sites excluding steroid dienone is 3. The molecule has 1 aromatic rings. The first kappa shape index (κ1) is 20.8. The van der Waals surface area contributed by atoms with Crippen LogP contribution in [0.3, 0.4) is 0 Å². The Hall–Kier alpha value is -2.96. The van der Waals surface area contributed by atoms with Gasteiger partial charge in [0.25, 0.3) is 5.91 Å². The molecule has 2 N–H and O–H groups in total. The molecule has 0 bridgehead atoms. The van der Waals surface area contributed by atoms with Crippen molar-refractivity contribution in [3.8, 4) is 0 Å². The third kappa shape index (κ3) is 3.81. The van der Waals surface area contributed by atoms with Crippen LogP contribution >= 0.6 is 0 Å². The number of hydrogen-bond acceptors (Lipinski definition) is 4. The molecule has 1 heterocycles. The zero-order chi connectivity index (χ0) is 21.2. The Kier molecular flexibility index (Phi) is 5.86. The zero-order valence-electron chi connectivity index (χ0n) is 16.5. The maximum Gasteiger partial charge on any atom is 0.387 e. The van der Waals surface area contributed by atoms with Gasteiger partial charge in [-0.25, -0.2) is 4.99 Å². The number of alkyl halides is 2. The highest BCUT2D eigenvalue weighted by molar-refractivity contribution is 6.07. The van der Waals surface area contributed by atoms with Crippen LogP contribution in [0.4, 0.5) is 8.78 Å². The lowest BCUT2D eigenvalue weighted by Gasteiger charge is -2.33. The average molecular weight is 401 g/mol. The minimum atomic E-state index is -2.90. The molecule has 0 fully saturated rings. The number of hydrogen-bond donors (Lipinski definition) is 1. The summed E-state index contributed by atoms with van der Waals surface area (Å²) in [5, 5.41) is 0. The highest BCUT2D eigenvalue weighted by Crippen LogP contribution is 2.44. The van der Waals surface area contributed by atoms with Crippen LogP contribution in [-0.4, -0.2) is 30.4 Å². The predicted octanol–water partition coefficient (Wildman–Crippen LogP) is 4.05. The number of likely N-dealkylation sites (N-methyl/N-ethyl adjacent to an activating group) is 1. The van der Waals surface area contributed by atoms with Crippen LogP contribution in [0.1, 0.15) is 36.8 Å². The monoisotopic (exact) mass is 401 g/mol. The maximum absolute atomic E-state index is 13.3. The van der Waals surface area contributed by atoms with Crippen molar-refractivity contribution >= 4 is 11.9 Å². The van der Waals surface area contributed by atoms with Gasteiger partial charge in [-0.15, -0.1) is 6.58 Å².